The van der Waals surface area contributed by atoms with Crippen LogP contribution in [-0.4, -0.2) is 55.2 Å². The summed E-state index contributed by atoms with van der Waals surface area (Å²) < 4.78 is 54.5. The van der Waals surface area contributed by atoms with E-state index in [0.29, 0.717) is 17.6 Å². The third-order valence-electron chi connectivity index (χ3n) is 7.58. The maximum atomic E-state index is 13.6. The fraction of sp³-hybridized carbons (Fsp3) is 0.286. The van der Waals surface area contributed by atoms with Crippen molar-refractivity contribution in [1.29, 1.82) is 0 Å². The zero-order valence-electron chi connectivity index (χ0n) is 24.5. The lowest BCUT2D eigenvalue weighted by Gasteiger charge is -2.32. The maximum absolute atomic E-state index is 13.6. The van der Waals surface area contributed by atoms with Crippen LogP contribution in [0.1, 0.15) is 27.2 Å². The molecule has 1 unspecified atom stereocenters. The molecule has 0 spiro atoms. The topological polar surface area (TPSA) is 108 Å². The summed E-state index contributed by atoms with van der Waals surface area (Å²) in [6.45, 7) is -0.239. The Morgan fingerprint density at radius 2 is 1.90 bits per heavy atom. The van der Waals surface area contributed by atoms with Crippen LogP contribution in [0.4, 0.5) is 0 Å². The number of rotatable bonds is 6. The van der Waals surface area contributed by atoms with Gasteiger partial charge in [0.2, 0.25) is 10.6 Å². The van der Waals surface area contributed by atoms with Gasteiger partial charge in [-0.2, -0.15) is 19.3 Å². The highest BCUT2D eigenvalue weighted by atomic mass is 32.2. The number of pyridine rings is 1. The van der Waals surface area contributed by atoms with E-state index < -0.39 is 22.4 Å². The van der Waals surface area contributed by atoms with Gasteiger partial charge in [0.25, 0.3) is 10.0 Å². The van der Waals surface area contributed by atoms with E-state index in [9.17, 15) is 13.2 Å². The first-order valence-electron chi connectivity index (χ1n) is 14.0. The summed E-state index contributed by atoms with van der Waals surface area (Å²) >= 11 is 0. The van der Waals surface area contributed by atoms with Gasteiger partial charge in [-0.05, 0) is 54.7 Å². The van der Waals surface area contributed by atoms with Crippen LogP contribution in [0.5, 0.6) is 0 Å². The third kappa shape index (κ3) is 4.37. The fourth-order valence-electron chi connectivity index (χ4n) is 5.65. The SMILES string of the molecule is [2H]C([2H])([2H])n1ncc(S(=O)(=O)N2CCC(Cc3ccccc3)(c3cc4cnn(-c5ccc(=O)n(C)c5)c4cc3C)C2)n1. The van der Waals surface area contributed by atoms with Crippen LogP contribution in [0.2, 0.25) is 0 Å². The van der Waals surface area contributed by atoms with E-state index in [1.165, 1.54) is 14.9 Å². The van der Waals surface area contributed by atoms with Crippen molar-refractivity contribution >= 4 is 20.9 Å². The van der Waals surface area contributed by atoms with E-state index in [-0.39, 0.29) is 23.7 Å². The Bertz CT molecular complexity index is 1970. The summed E-state index contributed by atoms with van der Waals surface area (Å²) in [5.74, 6) is 0. The molecule has 5 aromatic rings. The normalized spacial score (nSPS) is 19.7. The molecule has 0 bridgehead atoms. The molecular weight excluding hydrogens is 514 g/mol. The summed E-state index contributed by atoms with van der Waals surface area (Å²) in [7, 11) is -2.41. The molecule has 0 radical (unpaired) electrons. The smallest absolute Gasteiger partial charge is 0.264 e. The Hall–Kier alpha value is -4.09. The first-order valence-corrected chi connectivity index (χ1v) is 13.9. The molecule has 6 rings (SSSR count). The van der Waals surface area contributed by atoms with Gasteiger partial charge in [-0.15, -0.1) is 5.10 Å². The zero-order chi connectivity index (χ0) is 29.9. The monoisotopic (exact) mass is 546 g/mol. The van der Waals surface area contributed by atoms with E-state index in [0.717, 1.165) is 39.5 Å². The first-order chi connectivity index (χ1) is 19.9. The van der Waals surface area contributed by atoms with Crippen LogP contribution >= 0.6 is 0 Å². The molecule has 3 aromatic heterocycles. The highest BCUT2D eigenvalue weighted by molar-refractivity contribution is 7.89. The van der Waals surface area contributed by atoms with Crippen molar-refractivity contribution in [3.63, 3.8) is 0 Å². The Balaban J connectivity index is 1.42. The van der Waals surface area contributed by atoms with Crippen molar-refractivity contribution in [3.8, 4) is 5.69 Å². The molecule has 4 heterocycles. The second-order valence-electron chi connectivity index (χ2n) is 10.1. The van der Waals surface area contributed by atoms with Crippen LogP contribution in [0.25, 0.3) is 16.6 Å². The number of fused-ring (bicyclic) bond motifs is 1. The van der Waals surface area contributed by atoms with Gasteiger partial charge in [-0.25, -0.2) is 13.1 Å². The molecule has 10 nitrogen and oxygen atoms in total. The van der Waals surface area contributed by atoms with Gasteiger partial charge in [-0.3, -0.25) is 4.79 Å². The quantitative estimate of drug-likeness (QED) is 0.324. The van der Waals surface area contributed by atoms with Gasteiger partial charge in [0.15, 0.2) is 0 Å². The molecule has 2 aromatic carbocycles. The molecule has 200 valence electrons. The predicted molar refractivity (Wildman–Crippen MR) is 147 cm³/mol. The van der Waals surface area contributed by atoms with Crippen LogP contribution in [0.3, 0.4) is 0 Å². The second-order valence-corrected chi connectivity index (χ2v) is 12.0. The minimum Gasteiger partial charge on any atom is -0.316 e. The Morgan fingerprint density at radius 3 is 2.64 bits per heavy atom. The van der Waals surface area contributed by atoms with Crippen LogP contribution < -0.4 is 5.56 Å². The molecule has 1 atom stereocenters. The van der Waals surface area contributed by atoms with Gasteiger partial charge in [0.1, 0.15) is 0 Å². The van der Waals surface area contributed by atoms with Crippen molar-refractivity contribution in [2.24, 2.45) is 14.0 Å². The van der Waals surface area contributed by atoms with E-state index in [4.69, 9.17) is 4.11 Å². The molecule has 1 fully saturated rings. The lowest BCUT2D eigenvalue weighted by molar-refractivity contribution is 0.412. The molecule has 0 amide bonds. The van der Waals surface area contributed by atoms with Gasteiger partial charge >= 0.3 is 0 Å². The number of sulfonamides is 1. The minimum atomic E-state index is -4.10. The Kier molecular flexibility index (Phi) is 5.19. The van der Waals surface area contributed by atoms with Crippen LogP contribution in [0, 0.1) is 6.92 Å². The van der Waals surface area contributed by atoms with E-state index >= 15 is 0 Å². The molecule has 1 saturated heterocycles. The van der Waals surface area contributed by atoms with Gasteiger partial charge in [-0.1, -0.05) is 30.3 Å². The molecule has 1 aliphatic heterocycles. The summed E-state index contributed by atoms with van der Waals surface area (Å²) in [4.78, 5) is 12.4. The van der Waals surface area contributed by atoms with Crippen molar-refractivity contribution in [3.05, 3.63) is 100 Å². The zero-order valence-corrected chi connectivity index (χ0v) is 22.3. The van der Waals surface area contributed by atoms with E-state index in [2.05, 4.69) is 27.4 Å². The van der Waals surface area contributed by atoms with E-state index in [1.54, 1.807) is 30.2 Å². The standard InChI is InChI=1S/C28H29N7O3S/c1-20-13-25-22(16-30-35(25)23-9-10-27(36)32(2)18-23)14-24(20)28(15-21-7-5-4-6-8-21)11-12-34(19-28)39(37,38)26-17-29-33(3)31-26/h4-10,13-14,16-18H,11-12,15,19H2,1-3H3/i3D3. The number of hydrogen-bond acceptors (Lipinski definition) is 6. The summed E-state index contributed by atoms with van der Waals surface area (Å²) in [5, 5.41) is 12.6. The summed E-state index contributed by atoms with van der Waals surface area (Å²) in [5.41, 5.74) is 4.02. The van der Waals surface area contributed by atoms with Crippen LogP contribution in [-0.2, 0) is 35.9 Å². The summed E-state index contributed by atoms with van der Waals surface area (Å²) in [6, 6.07) is 17.3. The first kappa shape index (κ1) is 21.8. The molecular formula is C28H29N7O3S. The molecule has 0 aliphatic carbocycles. The summed E-state index contributed by atoms with van der Waals surface area (Å²) in [6.07, 6.45) is 5.65. The predicted octanol–water partition coefficient (Wildman–Crippen LogP) is 2.74. The number of aromatic nitrogens is 6. The van der Waals surface area contributed by atoms with Crippen molar-refractivity contribution < 1.29 is 12.5 Å². The number of hydrogen-bond donors (Lipinski definition) is 0. The largest absolute Gasteiger partial charge is 0.316 e. The van der Waals surface area contributed by atoms with Gasteiger partial charge in [0.05, 0.1) is 23.6 Å². The van der Waals surface area contributed by atoms with E-state index in [1.807, 2.05) is 37.3 Å². The lowest BCUT2D eigenvalue weighted by atomic mass is 9.73. The molecule has 11 heteroatoms. The van der Waals surface area contributed by atoms with Crippen molar-refractivity contribution in [2.75, 3.05) is 13.1 Å². The Labute approximate surface area is 230 Å². The highest BCUT2D eigenvalue weighted by Crippen LogP contribution is 2.42. The van der Waals surface area contributed by atoms with Crippen LogP contribution in [0.15, 0.2) is 83.0 Å². The average Bonchev–Trinajstić information content (AvgIpc) is 3.70. The molecule has 0 saturated carbocycles. The fourth-order valence-corrected chi connectivity index (χ4v) is 7.02. The van der Waals surface area contributed by atoms with Crippen molar-refractivity contribution in [2.45, 2.75) is 30.2 Å². The number of aryl methyl sites for hydroxylation is 3. The number of nitrogens with zero attached hydrogens (tertiary/aromatic N) is 7. The second kappa shape index (κ2) is 9.28. The molecule has 0 N–H and O–H groups in total. The lowest BCUT2D eigenvalue weighted by Crippen LogP contribution is -2.36. The van der Waals surface area contributed by atoms with Gasteiger partial charge in [0, 0.05) is 54.3 Å². The average molecular weight is 547 g/mol. The molecule has 1 aliphatic rings. The van der Waals surface area contributed by atoms with Gasteiger partial charge < -0.3 is 4.57 Å². The number of benzene rings is 2. The highest BCUT2D eigenvalue weighted by Gasteiger charge is 2.45. The van der Waals surface area contributed by atoms with Crippen molar-refractivity contribution in [1.82, 2.24) is 33.6 Å². The maximum Gasteiger partial charge on any atom is 0.264 e. The Morgan fingerprint density at radius 1 is 1.08 bits per heavy atom. The minimum absolute atomic E-state index is 0.113. The molecule has 39 heavy (non-hydrogen) atoms. The third-order valence-corrected chi connectivity index (χ3v) is 9.29.